The number of rotatable bonds is 2. The van der Waals surface area contributed by atoms with E-state index < -0.39 is 0 Å². The molecular weight excluding hydrogens is 268 g/mol. The van der Waals surface area contributed by atoms with Crippen molar-refractivity contribution in [2.75, 3.05) is 0 Å². The van der Waals surface area contributed by atoms with Crippen molar-refractivity contribution in [3.63, 3.8) is 0 Å². The summed E-state index contributed by atoms with van der Waals surface area (Å²) in [6.45, 7) is 3.83. The number of nitrogens with zero attached hydrogens (tertiary/aromatic N) is 2. The van der Waals surface area contributed by atoms with E-state index in [-0.39, 0.29) is 0 Å². The Morgan fingerprint density at radius 1 is 1.12 bits per heavy atom. The summed E-state index contributed by atoms with van der Waals surface area (Å²) in [5, 5.41) is 0. The monoisotopic (exact) mass is 278 g/mol. The molecule has 0 amide bonds. The molecule has 2 aromatic rings. The Hall–Kier alpha value is -1.42. The first-order valence-corrected chi connectivity index (χ1v) is 5.69. The van der Waals surface area contributed by atoms with E-state index in [0.29, 0.717) is 11.7 Å². The van der Waals surface area contributed by atoms with Gasteiger partial charge in [-0.15, -0.1) is 0 Å². The molecule has 0 spiro atoms. The highest BCUT2D eigenvalue weighted by molar-refractivity contribution is 9.10. The first-order chi connectivity index (χ1) is 7.65. The molecule has 0 aliphatic heterocycles. The lowest BCUT2D eigenvalue weighted by atomic mass is 10.2. The quantitative estimate of drug-likeness (QED) is 0.787. The lowest BCUT2D eigenvalue weighted by molar-refractivity contribution is 0.455. The summed E-state index contributed by atoms with van der Waals surface area (Å²) in [6.07, 6.45) is 0. The fourth-order valence-electron chi connectivity index (χ4n) is 1.34. The zero-order valence-corrected chi connectivity index (χ0v) is 10.7. The second-order valence-electron chi connectivity index (χ2n) is 3.44. The highest BCUT2D eigenvalue weighted by atomic mass is 79.9. The lowest BCUT2D eigenvalue weighted by Crippen LogP contribution is -1.94. The Labute approximate surface area is 103 Å². The fraction of sp³-hybridized carbons (Fsp3) is 0.167. The average Bonchev–Trinajstić information content (AvgIpc) is 2.20. The topological polar surface area (TPSA) is 35.0 Å². The first-order valence-electron chi connectivity index (χ1n) is 4.90. The minimum Gasteiger partial charge on any atom is -0.439 e. The zero-order valence-electron chi connectivity index (χ0n) is 9.07. The van der Waals surface area contributed by atoms with Crippen LogP contribution in [0.2, 0.25) is 0 Å². The molecule has 82 valence electrons. The van der Waals surface area contributed by atoms with Gasteiger partial charge in [-0.2, -0.15) is 4.98 Å². The zero-order chi connectivity index (χ0) is 11.5. The Bertz CT molecular complexity index is 494. The third-order valence-electron chi connectivity index (χ3n) is 2.09. The lowest BCUT2D eigenvalue weighted by Gasteiger charge is -2.07. The second kappa shape index (κ2) is 4.61. The van der Waals surface area contributed by atoms with Gasteiger partial charge in [-0.05, 0) is 41.4 Å². The van der Waals surface area contributed by atoms with Crippen LogP contribution < -0.4 is 4.74 Å². The molecule has 0 bridgehead atoms. The number of para-hydroxylation sites is 1. The van der Waals surface area contributed by atoms with Gasteiger partial charge in [-0.25, -0.2) is 4.98 Å². The van der Waals surface area contributed by atoms with Crippen LogP contribution in [0.5, 0.6) is 11.6 Å². The highest BCUT2D eigenvalue weighted by Crippen LogP contribution is 2.24. The van der Waals surface area contributed by atoms with Crippen molar-refractivity contribution in [1.82, 2.24) is 9.97 Å². The van der Waals surface area contributed by atoms with E-state index in [4.69, 9.17) is 4.74 Å². The maximum absolute atomic E-state index is 5.69. The molecule has 0 N–H and O–H groups in total. The van der Waals surface area contributed by atoms with E-state index in [1.807, 2.05) is 38.1 Å². The van der Waals surface area contributed by atoms with Gasteiger partial charge in [0.1, 0.15) is 16.2 Å². The van der Waals surface area contributed by atoms with Crippen molar-refractivity contribution in [3.8, 4) is 11.6 Å². The molecular formula is C12H11BrN2O. The Morgan fingerprint density at radius 3 is 2.56 bits per heavy atom. The van der Waals surface area contributed by atoms with E-state index in [1.165, 1.54) is 0 Å². The van der Waals surface area contributed by atoms with Crippen LogP contribution in [0.4, 0.5) is 0 Å². The SMILES string of the molecule is Cc1nc(Br)cc(Oc2ccccc2C)n1. The minimum absolute atomic E-state index is 0.550. The van der Waals surface area contributed by atoms with Gasteiger partial charge in [0, 0.05) is 6.07 Å². The number of aryl methyl sites for hydroxylation is 2. The van der Waals surface area contributed by atoms with Crippen LogP contribution in [0.15, 0.2) is 34.9 Å². The van der Waals surface area contributed by atoms with Gasteiger partial charge in [0.15, 0.2) is 0 Å². The molecule has 0 saturated heterocycles. The van der Waals surface area contributed by atoms with Crippen LogP contribution in [-0.2, 0) is 0 Å². The standard InChI is InChI=1S/C12H11BrN2O/c1-8-5-3-4-6-10(8)16-12-7-11(13)14-9(2)15-12/h3-7H,1-2H3. The summed E-state index contributed by atoms with van der Waals surface area (Å²) < 4.78 is 6.42. The summed E-state index contributed by atoms with van der Waals surface area (Å²) in [5.74, 6) is 2.04. The van der Waals surface area contributed by atoms with Crippen molar-refractivity contribution >= 4 is 15.9 Å². The number of halogens is 1. The summed E-state index contributed by atoms with van der Waals surface area (Å²) >= 11 is 3.31. The summed E-state index contributed by atoms with van der Waals surface area (Å²) in [7, 11) is 0. The smallest absolute Gasteiger partial charge is 0.223 e. The molecule has 0 aliphatic carbocycles. The van der Waals surface area contributed by atoms with Crippen LogP contribution in [0, 0.1) is 13.8 Å². The van der Waals surface area contributed by atoms with Gasteiger partial charge >= 0.3 is 0 Å². The number of ether oxygens (including phenoxy) is 1. The third kappa shape index (κ3) is 2.58. The number of hydrogen-bond acceptors (Lipinski definition) is 3. The minimum atomic E-state index is 0.550. The van der Waals surface area contributed by atoms with Crippen LogP contribution in [0.25, 0.3) is 0 Å². The van der Waals surface area contributed by atoms with Crippen molar-refractivity contribution in [2.24, 2.45) is 0 Å². The number of aromatic nitrogens is 2. The molecule has 0 unspecified atom stereocenters. The summed E-state index contributed by atoms with van der Waals surface area (Å²) in [5.41, 5.74) is 1.08. The van der Waals surface area contributed by atoms with Gasteiger partial charge in [0.05, 0.1) is 0 Å². The Kier molecular flexibility index (Phi) is 3.19. The van der Waals surface area contributed by atoms with Crippen LogP contribution in [-0.4, -0.2) is 9.97 Å². The number of benzene rings is 1. The molecule has 0 radical (unpaired) electrons. The summed E-state index contributed by atoms with van der Waals surface area (Å²) in [6, 6.07) is 9.58. The van der Waals surface area contributed by atoms with E-state index in [0.717, 1.165) is 15.9 Å². The molecule has 1 heterocycles. The predicted octanol–water partition coefficient (Wildman–Crippen LogP) is 3.65. The van der Waals surface area contributed by atoms with Crippen LogP contribution in [0.3, 0.4) is 0 Å². The van der Waals surface area contributed by atoms with E-state index in [9.17, 15) is 0 Å². The van der Waals surface area contributed by atoms with Gasteiger partial charge < -0.3 is 4.74 Å². The third-order valence-corrected chi connectivity index (χ3v) is 2.50. The molecule has 2 rings (SSSR count). The highest BCUT2D eigenvalue weighted by Gasteiger charge is 2.04. The largest absolute Gasteiger partial charge is 0.439 e. The number of hydrogen-bond donors (Lipinski definition) is 0. The molecule has 0 aliphatic rings. The first kappa shape index (κ1) is 11.1. The van der Waals surface area contributed by atoms with Crippen LogP contribution in [0.1, 0.15) is 11.4 Å². The molecule has 0 fully saturated rings. The van der Waals surface area contributed by atoms with Crippen LogP contribution >= 0.6 is 15.9 Å². The Balaban J connectivity index is 2.30. The van der Waals surface area contributed by atoms with Crippen molar-refractivity contribution in [1.29, 1.82) is 0 Å². The molecule has 0 saturated carbocycles. The molecule has 16 heavy (non-hydrogen) atoms. The van der Waals surface area contributed by atoms with E-state index in [2.05, 4.69) is 25.9 Å². The van der Waals surface area contributed by atoms with Gasteiger partial charge in [-0.3, -0.25) is 0 Å². The fourth-order valence-corrected chi connectivity index (χ4v) is 1.79. The van der Waals surface area contributed by atoms with Gasteiger partial charge in [-0.1, -0.05) is 18.2 Å². The molecule has 1 aromatic heterocycles. The van der Waals surface area contributed by atoms with Gasteiger partial charge in [0.25, 0.3) is 0 Å². The second-order valence-corrected chi connectivity index (χ2v) is 4.26. The maximum atomic E-state index is 5.69. The predicted molar refractivity (Wildman–Crippen MR) is 65.7 cm³/mol. The van der Waals surface area contributed by atoms with Gasteiger partial charge in [0.2, 0.25) is 5.88 Å². The molecule has 3 nitrogen and oxygen atoms in total. The van der Waals surface area contributed by atoms with Crippen molar-refractivity contribution < 1.29 is 4.74 Å². The molecule has 1 aromatic carbocycles. The average molecular weight is 279 g/mol. The molecule has 0 atom stereocenters. The van der Waals surface area contributed by atoms with Crippen molar-refractivity contribution in [2.45, 2.75) is 13.8 Å². The van der Waals surface area contributed by atoms with Crippen molar-refractivity contribution in [3.05, 3.63) is 46.3 Å². The molecule has 4 heteroatoms. The normalized spacial score (nSPS) is 10.2. The van der Waals surface area contributed by atoms with E-state index in [1.54, 1.807) is 6.07 Å². The van der Waals surface area contributed by atoms with E-state index >= 15 is 0 Å². The Morgan fingerprint density at radius 2 is 1.88 bits per heavy atom. The maximum Gasteiger partial charge on any atom is 0.223 e. The summed E-state index contributed by atoms with van der Waals surface area (Å²) in [4.78, 5) is 8.33.